The first-order valence-electron chi connectivity index (χ1n) is 10.9. The van der Waals surface area contributed by atoms with Crippen molar-refractivity contribution in [3.63, 3.8) is 0 Å². The molecule has 1 saturated heterocycles. The second-order valence-electron chi connectivity index (χ2n) is 9.69. The average Bonchev–Trinajstić information content (AvgIpc) is 2.92. The largest absolute Gasteiger partial charge is 0.444 e. The summed E-state index contributed by atoms with van der Waals surface area (Å²) in [6, 6.07) is 9.89. The number of nitrogens with zero attached hydrogens (tertiary/aromatic N) is 3. The van der Waals surface area contributed by atoms with Crippen molar-refractivity contribution in [2.45, 2.75) is 58.5 Å². The normalized spacial score (nSPS) is 15.6. The highest BCUT2D eigenvalue weighted by Crippen LogP contribution is 2.38. The quantitative estimate of drug-likeness (QED) is 0.543. The van der Waals surface area contributed by atoms with Gasteiger partial charge in [-0.1, -0.05) is 18.2 Å². The molecule has 1 N–H and O–H groups in total. The Balaban J connectivity index is 1.95. The summed E-state index contributed by atoms with van der Waals surface area (Å²) in [5, 5.41) is 11.7. The van der Waals surface area contributed by atoms with E-state index in [4.69, 9.17) is 10.00 Å². The van der Waals surface area contributed by atoms with Crippen LogP contribution in [0.4, 0.5) is 34.1 Å². The second-order valence-corrected chi connectivity index (χ2v) is 9.69. The van der Waals surface area contributed by atoms with Gasteiger partial charge in [0, 0.05) is 5.69 Å². The lowest BCUT2D eigenvalue weighted by Gasteiger charge is -2.28. The standard InChI is InChI=1S/C25H25F3N4O4/c1-23(2,3)36-21(34)30-19-9-7-6-8-16(19)14-31-22(35)32(20(33)24(31,4)5)17-11-10-15(13-29)18(12-17)25(26,27)28/h6-12H,14H2,1-5H3,(H,30,34). The fraction of sp³-hybridized carbons (Fsp3) is 0.360. The maximum absolute atomic E-state index is 13.5. The van der Waals surface area contributed by atoms with Crippen LogP contribution in [-0.2, 0) is 22.3 Å². The Morgan fingerprint density at radius 1 is 1.11 bits per heavy atom. The smallest absolute Gasteiger partial charge is 0.417 e. The van der Waals surface area contributed by atoms with Crippen LogP contribution in [0.3, 0.4) is 0 Å². The molecule has 0 aliphatic carbocycles. The molecule has 0 spiro atoms. The van der Waals surface area contributed by atoms with Gasteiger partial charge in [0.2, 0.25) is 0 Å². The molecule has 1 aliphatic heterocycles. The molecule has 1 aliphatic rings. The maximum Gasteiger partial charge on any atom is 0.417 e. The molecule has 4 amide bonds. The Morgan fingerprint density at radius 2 is 1.75 bits per heavy atom. The highest BCUT2D eigenvalue weighted by Gasteiger charge is 2.52. The number of para-hydroxylation sites is 1. The minimum absolute atomic E-state index is 0.123. The molecule has 1 fully saturated rings. The Hall–Kier alpha value is -4.07. The first-order valence-corrected chi connectivity index (χ1v) is 10.9. The van der Waals surface area contributed by atoms with Crippen LogP contribution < -0.4 is 10.2 Å². The zero-order valence-corrected chi connectivity index (χ0v) is 20.4. The molecule has 0 unspecified atom stereocenters. The predicted molar refractivity (Wildman–Crippen MR) is 125 cm³/mol. The van der Waals surface area contributed by atoms with E-state index in [1.807, 2.05) is 0 Å². The molecular formula is C25H25F3N4O4. The van der Waals surface area contributed by atoms with Crippen LogP contribution in [0.25, 0.3) is 0 Å². The van der Waals surface area contributed by atoms with Crippen LogP contribution in [0.5, 0.6) is 0 Å². The third-order valence-electron chi connectivity index (χ3n) is 5.49. The summed E-state index contributed by atoms with van der Waals surface area (Å²) in [6.45, 7) is 7.95. The number of ether oxygens (including phenoxy) is 1. The number of imide groups is 1. The van der Waals surface area contributed by atoms with Gasteiger partial charge < -0.3 is 9.64 Å². The lowest BCUT2D eigenvalue weighted by atomic mass is 10.0. The summed E-state index contributed by atoms with van der Waals surface area (Å²) in [6.07, 6.45) is -5.56. The van der Waals surface area contributed by atoms with Crippen LogP contribution in [0.2, 0.25) is 0 Å². The first kappa shape index (κ1) is 26.5. The van der Waals surface area contributed by atoms with Crippen LogP contribution >= 0.6 is 0 Å². The van der Waals surface area contributed by atoms with Crippen LogP contribution in [0.1, 0.15) is 51.3 Å². The van der Waals surface area contributed by atoms with Crippen molar-refractivity contribution in [1.82, 2.24) is 4.90 Å². The third kappa shape index (κ3) is 5.27. The number of nitrogens with one attached hydrogen (secondary N) is 1. The molecule has 36 heavy (non-hydrogen) atoms. The molecule has 2 aromatic rings. The first-order chi connectivity index (χ1) is 16.6. The number of nitriles is 1. The van der Waals surface area contributed by atoms with Crippen molar-refractivity contribution in [2.24, 2.45) is 0 Å². The molecule has 0 atom stereocenters. The number of urea groups is 1. The number of benzene rings is 2. The van der Waals surface area contributed by atoms with Gasteiger partial charge in [0.1, 0.15) is 11.1 Å². The van der Waals surface area contributed by atoms with E-state index >= 15 is 0 Å². The Morgan fingerprint density at radius 3 is 2.33 bits per heavy atom. The highest BCUT2D eigenvalue weighted by molar-refractivity contribution is 6.23. The fourth-order valence-corrected chi connectivity index (χ4v) is 3.70. The van der Waals surface area contributed by atoms with Crippen molar-refractivity contribution >= 4 is 29.4 Å². The van der Waals surface area contributed by atoms with E-state index in [1.54, 1.807) is 45.0 Å². The number of anilines is 2. The molecule has 0 bridgehead atoms. The number of carbonyl (C=O) groups excluding carboxylic acids is 3. The molecule has 11 heteroatoms. The van der Waals surface area contributed by atoms with Crippen molar-refractivity contribution in [3.8, 4) is 6.07 Å². The molecule has 1 heterocycles. The fourth-order valence-electron chi connectivity index (χ4n) is 3.70. The third-order valence-corrected chi connectivity index (χ3v) is 5.49. The Labute approximate surface area is 206 Å². The van der Waals surface area contributed by atoms with E-state index in [0.29, 0.717) is 22.2 Å². The van der Waals surface area contributed by atoms with E-state index in [0.717, 1.165) is 12.1 Å². The van der Waals surface area contributed by atoms with Gasteiger partial charge in [0.25, 0.3) is 5.91 Å². The SMILES string of the molecule is CC(C)(C)OC(=O)Nc1ccccc1CN1C(=O)N(c2ccc(C#N)c(C(F)(F)F)c2)C(=O)C1(C)C. The van der Waals surface area contributed by atoms with E-state index in [1.165, 1.54) is 24.8 Å². The zero-order valence-electron chi connectivity index (χ0n) is 20.4. The number of alkyl halides is 3. The highest BCUT2D eigenvalue weighted by atomic mass is 19.4. The van der Waals surface area contributed by atoms with Gasteiger partial charge >= 0.3 is 18.3 Å². The van der Waals surface area contributed by atoms with Gasteiger partial charge in [0.05, 0.1) is 29.4 Å². The average molecular weight is 502 g/mol. The van der Waals surface area contributed by atoms with Gasteiger partial charge in [-0.25, -0.2) is 14.5 Å². The van der Waals surface area contributed by atoms with Crippen molar-refractivity contribution in [1.29, 1.82) is 5.26 Å². The summed E-state index contributed by atoms with van der Waals surface area (Å²) in [5.74, 6) is -0.733. The van der Waals surface area contributed by atoms with Crippen molar-refractivity contribution in [3.05, 3.63) is 59.2 Å². The number of rotatable bonds is 4. The predicted octanol–water partition coefficient (Wildman–Crippen LogP) is 5.67. The van der Waals surface area contributed by atoms with Gasteiger partial charge in [0.15, 0.2) is 0 Å². The van der Waals surface area contributed by atoms with Crippen LogP contribution in [0.15, 0.2) is 42.5 Å². The number of halogens is 3. The molecule has 190 valence electrons. The minimum atomic E-state index is -4.85. The Kier molecular flexibility index (Phi) is 6.77. The maximum atomic E-state index is 13.5. The van der Waals surface area contributed by atoms with Gasteiger partial charge in [-0.05, 0) is 64.4 Å². The lowest BCUT2D eigenvalue weighted by Crippen LogP contribution is -2.43. The molecule has 0 saturated carbocycles. The summed E-state index contributed by atoms with van der Waals surface area (Å²) in [7, 11) is 0. The van der Waals surface area contributed by atoms with Crippen molar-refractivity contribution in [2.75, 3.05) is 10.2 Å². The summed E-state index contributed by atoms with van der Waals surface area (Å²) in [5.41, 5.74) is -3.49. The lowest BCUT2D eigenvalue weighted by molar-refractivity contribution is -0.137. The van der Waals surface area contributed by atoms with Crippen LogP contribution in [-0.4, -0.2) is 34.1 Å². The summed E-state index contributed by atoms with van der Waals surface area (Å²) >= 11 is 0. The number of hydrogen-bond acceptors (Lipinski definition) is 5. The topological polar surface area (TPSA) is 103 Å². The van der Waals surface area contributed by atoms with Gasteiger partial charge in [-0.15, -0.1) is 0 Å². The van der Waals surface area contributed by atoms with Gasteiger partial charge in [-0.2, -0.15) is 18.4 Å². The second kappa shape index (κ2) is 9.18. The molecule has 2 aromatic carbocycles. The zero-order chi connectivity index (χ0) is 27.1. The molecular weight excluding hydrogens is 477 g/mol. The van der Waals surface area contributed by atoms with E-state index in [2.05, 4.69) is 5.32 Å². The van der Waals surface area contributed by atoms with E-state index < -0.39 is 46.5 Å². The van der Waals surface area contributed by atoms with E-state index in [9.17, 15) is 27.6 Å². The number of amides is 4. The van der Waals surface area contributed by atoms with Gasteiger partial charge in [-0.3, -0.25) is 10.1 Å². The molecule has 8 nitrogen and oxygen atoms in total. The molecule has 0 radical (unpaired) electrons. The molecule has 3 rings (SSSR count). The van der Waals surface area contributed by atoms with Crippen LogP contribution in [0, 0.1) is 11.3 Å². The monoisotopic (exact) mass is 502 g/mol. The summed E-state index contributed by atoms with van der Waals surface area (Å²) < 4.78 is 45.7. The summed E-state index contributed by atoms with van der Waals surface area (Å²) in [4.78, 5) is 40.7. The minimum Gasteiger partial charge on any atom is -0.444 e. The number of carbonyl (C=O) groups is 3. The van der Waals surface area contributed by atoms with E-state index in [-0.39, 0.29) is 12.2 Å². The number of hydrogen-bond donors (Lipinski definition) is 1. The van der Waals surface area contributed by atoms with Crippen molar-refractivity contribution < 1.29 is 32.3 Å². The Bertz CT molecular complexity index is 1260. The molecule has 0 aromatic heterocycles.